The van der Waals surface area contributed by atoms with E-state index in [1.807, 2.05) is 17.4 Å². The number of hydrogen-bond acceptors (Lipinski definition) is 5. The predicted octanol–water partition coefficient (Wildman–Crippen LogP) is 2.77. The van der Waals surface area contributed by atoms with Crippen LogP contribution in [0.15, 0.2) is 58.5 Å². The molecule has 28 heavy (non-hydrogen) atoms. The molecule has 3 rings (SSSR count). The van der Waals surface area contributed by atoms with Gasteiger partial charge >= 0.3 is 6.03 Å². The maximum Gasteiger partial charge on any atom is 0.318 e. The molecule has 1 heterocycles. The molecule has 0 aliphatic rings. The molecule has 0 spiro atoms. The average Bonchev–Trinajstić information content (AvgIpc) is 2.65. The highest BCUT2D eigenvalue weighted by atomic mass is 35.5. The second-order valence-electron chi connectivity index (χ2n) is 6.01. The Labute approximate surface area is 169 Å². The van der Waals surface area contributed by atoms with Crippen molar-refractivity contribution in [2.75, 3.05) is 0 Å². The zero-order chi connectivity index (χ0) is 20.3. The second-order valence-corrected chi connectivity index (χ2v) is 7.72. The molecule has 2 aromatic carbocycles. The molecule has 0 saturated heterocycles. The normalized spacial score (nSPS) is 11.9. The van der Waals surface area contributed by atoms with E-state index in [0.29, 0.717) is 21.1 Å². The molecule has 1 atom stereocenters. The number of para-hydroxylation sites is 1. The van der Waals surface area contributed by atoms with E-state index in [4.69, 9.17) is 17.3 Å². The molecule has 144 valence electrons. The largest absolute Gasteiger partial charge is 0.351 e. The van der Waals surface area contributed by atoms with Crippen molar-refractivity contribution in [3.05, 3.63) is 69.5 Å². The number of halogens is 1. The topological polar surface area (TPSA) is 107 Å². The molecule has 0 aliphatic heterocycles. The van der Waals surface area contributed by atoms with Crippen molar-refractivity contribution in [2.45, 2.75) is 23.9 Å². The summed E-state index contributed by atoms with van der Waals surface area (Å²) < 4.78 is 1.47. The number of benzene rings is 2. The van der Waals surface area contributed by atoms with Crippen LogP contribution in [0, 0.1) is 0 Å². The number of carbonyl (C=O) groups excluding carboxylic acids is 2. The molecule has 3 amide bonds. The molecule has 0 aliphatic carbocycles. The Kier molecular flexibility index (Phi) is 6.01. The van der Waals surface area contributed by atoms with E-state index in [1.165, 1.54) is 4.57 Å². The summed E-state index contributed by atoms with van der Waals surface area (Å²) in [5, 5.41) is 2.67. The number of imide groups is 1. The second kappa shape index (κ2) is 8.45. The first-order chi connectivity index (χ1) is 13.4. The summed E-state index contributed by atoms with van der Waals surface area (Å²) in [4.78, 5) is 40.6. The monoisotopic (exact) mass is 416 g/mol. The van der Waals surface area contributed by atoms with E-state index in [1.54, 1.807) is 43.3 Å². The number of hydrogen-bond donors (Lipinski definition) is 2. The van der Waals surface area contributed by atoms with Crippen molar-refractivity contribution in [1.29, 1.82) is 0 Å². The molecule has 0 unspecified atom stereocenters. The van der Waals surface area contributed by atoms with Gasteiger partial charge in [-0.1, -0.05) is 53.7 Å². The average molecular weight is 417 g/mol. The number of fused-ring (bicyclic) bond motifs is 1. The first-order valence-corrected chi connectivity index (χ1v) is 9.62. The third-order valence-corrected chi connectivity index (χ3v) is 5.47. The molecule has 3 aromatic rings. The molecule has 1 aromatic heterocycles. The van der Waals surface area contributed by atoms with Crippen LogP contribution in [0.3, 0.4) is 0 Å². The Bertz CT molecular complexity index is 1120. The fourth-order valence-corrected chi connectivity index (χ4v) is 3.71. The summed E-state index contributed by atoms with van der Waals surface area (Å²) in [6.07, 6.45) is 0. The number of rotatable bonds is 5. The molecule has 3 N–H and O–H groups in total. The highest BCUT2D eigenvalue weighted by Gasteiger charge is 2.20. The molecule has 0 radical (unpaired) electrons. The third kappa shape index (κ3) is 4.35. The van der Waals surface area contributed by atoms with E-state index >= 15 is 0 Å². The first-order valence-electron chi connectivity index (χ1n) is 8.36. The van der Waals surface area contributed by atoms with E-state index < -0.39 is 17.2 Å². The van der Waals surface area contributed by atoms with Crippen LogP contribution in [0.1, 0.15) is 12.5 Å². The summed E-state index contributed by atoms with van der Waals surface area (Å²) in [5.74, 6) is -0.566. The highest BCUT2D eigenvalue weighted by molar-refractivity contribution is 8.00. The lowest BCUT2D eigenvalue weighted by Crippen LogP contribution is -2.39. The van der Waals surface area contributed by atoms with Gasteiger partial charge in [-0.15, -0.1) is 0 Å². The minimum atomic E-state index is -0.933. The van der Waals surface area contributed by atoms with Crippen molar-refractivity contribution in [3.63, 3.8) is 0 Å². The number of aromatic nitrogens is 2. The van der Waals surface area contributed by atoms with E-state index in [2.05, 4.69) is 4.98 Å². The molecule has 7 nitrogen and oxygen atoms in total. The molecular formula is C19H17ClN4O3S. The Morgan fingerprint density at radius 3 is 2.61 bits per heavy atom. The number of urea groups is 1. The lowest BCUT2D eigenvalue weighted by Gasteiger charge is -2.16. The van der Waals surface area contributed by atoms with Crippen molar-refractivity contribution in [1.82, 2.24) is 14.9 Å². The van der Waals surface area contributed by atoms with Gasteiger partial charge in [0.1, 0.15) is 0 Å². The number of primary amides is 1. The number of thioether (sulfide) groups is 1. The number of amides is 3. The minimum Gasteiger partial charge on any atom is -0.351 e. The van der Waals surface area contributed by atoms with Crippen LogP contribution in [0.25, 0.3) is 10.9 Å². The van der Waals surface area contributed by atoms with E-state index in [9.17, 15) is 14.4 Å². The van der Waals surface area contributed by atoms with Crippen LogP contribution < -0.4 is 16.6 Å². The highest BCUT2D eigenvalue weighted by Crippen LogP contribution is 2.24. The van der Waals surface area contributed by atoms with Gasteiger partial charge in [0.25, 0.3) is 5.56 Å². The molecule has 0 fully saturated rings. The van der Waals surface area contributed by atoms with Crippen molar-refractivity contribution < 1.29 is 9.59 Å². The summed E-state index contributed by atoms with van der Waals surface area (Å²) in [5.41, 5.74) is 6.04. The molecule has 0 saturated carbocycles. The van der Waals surface area contributed by atoms with Crippen LogP contribution in [-0.4, -0.2) is 26.7 Å². The third-order valence-electron chi connectivity index (χ3n) is 4.01. The van der Waals surface area contributed by atoms with Gasteiger partial charge in [-0.3, -0.25) is 19.5 Å². The first kappa shape index (κ1) is 19.9. The fourth-order valence-electron chi connectivity index (χ4n) is 2.61. The fraction of sp³-hybridized carbons (Fsp3) is 0.158. The van der Waals surface area contributed by atoms with Crippen LogP contribution in [0.4, 0.5) is 4.79 Å². The smallest absolute Gasteiger partial charge is 0.318 e. The maximum atomic E-state index is 13.1. The van der Waals surface area contributed by atoms with Crippen molar-refractivity contribution in [3.8, 4) is 0 Å². The quantitative estimate of drug-likeness (QED) is 0.491. The summed E-state index contributed by atoms with van der Waals surface area (Å²) in [6, 6.07) is 13.2. The van der Waals surface area contributed by atoms with Crippen molar-refractivity contribution in [2.24, 2.45) is 5.73 Å². The van der Waals surface area contributed by atoms with Gasteiger partial charge in [0, 0.05) is 5.02 Å². The lowest BCUT2D eigenvalue weighted by molar-refractivity contribution is -0.119. The molecular weight excluding hydrogens is 400 g/mol. The number of nitrogens with one attached hydrogen (secondary N) is 1. The SMILES string of the molecule is C[C@H](Sc1nc2ccccc2c(=O)n1Cc1ccccc1Cl)C(=O)NC(N)=O. The van der Waals surface area contributed by atoms with Gasteiger partial charge in [0.15, 0.2) is 5.16 Å². The van der Waals surface area contributed by atoms with Crippen LogP contribution in [-0.2, 0) is 11.3 Å². The van der Waals surface area contributed by atoms with Gasteiger partial charge in [0.05, 0.1) is 22.7 Å². The van der Waals surface area contributed by atoms with E-state index in [0.717, 1.165) is 17.3 Å². The Balaban J connectivity index is 2.06. The summed E-state index contributed by atoms with van der Waals surface area (Å²) >= 11 is 7.32. The standard InChI is InChI=1S/C19H17ClN4O3S/c1-11(16(25)23-18(21)27)28-19-22-15-9-5-3-7-13(15)17(26)24(19)10-12-6-2-4-8-14(12)20/h2-9,11H,10H2,1H3,(H3,21,23,25,27)/t11-/m0/s1. The number of nitrogens with two attached hydrogens (primary N) is 1. The predicted molar refractivity (Wildman–Crippen MR) is 110 cm³/mol. The minimum absolute atomic E-state index is 0.197. The summed E-state index contributed by atoms with van der Waals surface area (Å²) in [6.45, 7) is 1.80. The van der Waals surface area contributed by atoms with Gasteiger partial charge < -0.3 is 5.73 Å². The Morgan fingerprint density at radius 1 is 1.21 bits per heavy atom. The van der Waals surface area contributed by atoms with Crippen LogP contribution in [0.2, 0.25) is 5.02 Å². The van der Waals surface area contributed by atoms with Gasteiger partial charge in [-0.2, -0.15) is 0 Å². The molecule has 0 bridgehead atoms. The maximum absolute atomic E-state index is 13.1. The number of carbonyl (C=O) groups is 2. The summed E-state index contributed by atoms with van der Waals surface area (Å²) in [7, 11) is 0. The Hall–Kier alpha value is -2.84. The lowest BCUT2D eigenvalue weighted by atomic mass is 10.2. The van der Waals surface area contributed by atoms with Crippen LogP contribution in [0.5, 0.6) is 0 Å². The zero-order valence-electron chi connectivity index (χ0n) is 14.9. The van der Waals surface area contributed by atoms with Crippen molar-refractivity contribution >= 4 is 46.2 Å². The van der Waals surface area contributed by atoms with Gasteiger partial charge in [-0.25, -0.2) is 9.78 Å². The zero-order valence-corrected chi connectivity index (χ0v) is 16.5. The Morgan fingerprint density at radius 2 is 1.89 bits per heavy atom. The molecule has 9 heteroatoms. The van der Waals surface area contributed by atoms with Gasteiger partial charge in [0.2, 0.25) is 5.91 Å². The van der Waals surface area contributed by atoms with E-state index in [-0.39, 0.29) is 12.1 Å². The number of nitrogens with zero attached hydrogens (tertiary/aromatic N) is 2. The van der Waals surface area contributed by atoms with Crippen LogP contribution >= 0.6 is 23.4 Å². The van der Waals surface area contributed by atoms with Gasteiger partial charge in [-0.05, 0) is 30.7 Å².